The summed E-state index contributed by atoms with van der Waals surface area (Å²) in [5.74, 6) is 0. The van der Waals surface area contributed by atoms with E-state index in [1.807, 2.05) is 6.92 Å². The van der Waals surface area contributed by atoms with E-state index in [2.05, 4.69) is 10.0 Å². The zero-order chi connectivity index (χ0) is 14.1. The standard InChI is InChI=1S/C13H22N2O3S/c1-3-10-18-11-6-9-15-19(16,17)13-8-5-4-7-12(13)14-2/h4-5,7-8,14-15H,3,6,9-11H2,1-2H3. The molecule has 2 N–H and O–H groups in total. The summed E-state index contributed by atoms with van der Waals surface area (Å²) in [7, 11) is -1.76. The van der Waals surface area contributed by atoms with Gasteiger partial charge in [-0.15, -0.1) is 0 Å². The van der Waals surface area contributed by atoms with Crippen LogP contribution in [0, 0.1) is 0 Å². The van der Waals surface area contributed by atoms with Gasteiger partial charge in [-0.25, -0.2) is 13.1 Å². The first-order valence-electron chi connectivity index (χ1n) is 6.46. The fourth-order valence-corrected chi connectivity index (χ4v) is 2.90. The van der Waals surface area contributed by atoms with Crippen LogP contribution in [0.5, 0.6) is 0 Å². The van der Waals surface area contributed by atoms with Gasteiger partial charge in [0.25, 0.3) is 0 Å². The lowest BCUT2D eigenvalue weighted by atomic mass is 10.3. The van der Waals surface area contributed by atoms with Gasteiger partial charge in [0, 0.05) is 26.8 Å². The molecule has 0 fully saturated rings. The van der Waals surface area contributed by atoms with Crippen molar-refractivity contribution in [3.63, 3.8) is 0 Å². The normalized spacial score (nSPS) is 11.5. The third-order valence-corrected chi connectivity index (χ3v) is 4.07. The van der Waals surface area contributed by atoms with Gasteiger partial charge in [-0.05, 0) is 25.0 Å². The third-order valence-electron chi connectivity index (χ3n) is 2.55. The minimum atomic E-state index is -3.46. The first-order valence-corrected chi connectivity index (χ1v) is 7.94. The van der Waals surface area contributed by atoms with Gasteiger partial charge in [0.1, 0.15) is 4.90 Å². The highest BCUT2D eigenvalue weighted by Gasteiger charge is 2.16. The molecule has 0 aliphatic carbocycles. The molecular weight excluding hydrogens is 264 g/mol. The van der Waals surface area contributed by atoms with Crippen molar-refractivity contribution in [2.24, 2.45) is 0 Å². The van der Waals surface area contributed by atoms with Crippen LogP contribution in [0.4, 0.5) is 5.69 Å². The highest BCUT2D eigenvalue weighted by Crippen LogP contribution is 2.19. The average molecular weight is 286 g/mol. The van der Waals surface area contributed by atoms with Gasteiger partial charge in [0.2, 0.25) is 10.0 Å². The van der Waals surface area contributed by atoms with Gasteiger partial charge in [-0.2, -0.15) is 0 Å². The Morgan fingerprint density at radius 2 is 1.95 bits per heavy atom. The Morgan fingerprint density at radius 1 is 1.21 bits per heavy atom. The van der Waals surface area contributed by atoms with E-state index in [1.165, 1.54) is 0 Å². The van der Waals surface area contributed by atoms with E-state index < -0.39 is 10.0 Å². The second-order valence-corrected chi connectivity index (χ2v) is 5.85. The molecule has 19 heavy (non-hydrogen) atoms. The highest BCUT2D eigenvalue weighted by molar-refractivity contribution is 7.89. The monoisotopic (exact) mass is 286 g/mol. The summed E-state index contributed by atoms with van der Waals surface area (Å²) in [4.78, 5) is 0.270. The molecule has 0 unspecified atom stereocenters. The van der Waals surface area contributed by atoms with Crippen LogP contribution in [0.3, 0.4) is 0 Å². The van der Waals surface area contributed by atoms with Crippen LogP contribution >= 0.6 is 0 Å². The van der Waals surface area contributed by atoms with Crippen LogP contribution in [0.2, 0.25) is 0 Å². The van der Waals surface area contributed by atoms with E-state index in [-0.39, 0.29) is 4.90 Å². The van der Waals surface area contributed by atoms with Crippen LogP contribution in [-0.4, -0.2) is 35.2 Å². The second-order valence-electron chi connectivity index (χ2n) is 4.11. The number of sulfonamides is 1. The minimum Gasteiger partial charge on any atom is -0.387 e. The van der Waals surface area contributed by atoms with Crippen LogP contribution in [0.1, 0.15) is 19.8 Å². The summed E-state index contributed by atoms with van der Waals surface area (Å²) in [6, 6.07) is 6.82. The maximum absolute atomic E-state index is 12.1. The molecule has 6 heteroatoms. The summed E-state index contributed by atoms with van der Waals surface area (Å²) >= 11 is 0. The molecule has 0 spiro atoms. The lowest BCUT2D eigenvalue weighted by Gasteiger charge is -2.11. The van der Waals surface area contributed by atoms with Crippen LogP contribution in [0.15, 0.2) is 29.2 Å². The molecule has 0 saturated heterocycles. The molecule has 5 nitrogen and oxygen atoms in total. The van der Waals surface area contributed by atoms with Crippen LogP contribution < -0.4 is 10.0 Å². The number of hydrogen-bond acceptors (Lipinski definition) is 4. The van der Waals surface area contributed by atoms with Crippen molar-refractivity contribution in [1.29, 1.82) is 0 Å². The number of anilines is 1. The van der Waals surface area contributed by atoms with E-state index in [9.17, 15) is 8.42 Å². The summed E-state index contributed by atoms with van der Waals surface area (Å²) in [6.45, 7) is 3.71. The Bertz CT molecular complexity index is 475. The minimum absolute atomic E-state index is 0.270. The molecule has 1 aromatic carbocycles. The van der Waals surface area contributed by atoms with Crippen LogP contribution in [-0.2, 0) is 14.8 Å². The SMILES string of the molecule is CCCOCCCNS(=O)(=O)c1ccccc1NC. The average Bonchev–Trinajstić information content (AvgIpc) is 2.42. The maximum Gasteiger partial charge on any atom is 0.242 e. The van der Waals surface area contributed by atoms with E-state index >= 15 is 0 Å². The lowest BCUT2D eigenvalue weighted by Crippen LogP contribution is -2.26. The molecule has 1 rings (SSSR count). The molecule has 108 valence electrons. The van der Waals surface area contributed by atoms with Crippen molar-refractivity contribution >= 4 is 15.7 Å². The van der Waals surface area contributed by atoms with Crippen molar-refractivity contribution in [3.05, 3.63) is 24.3 Å². The van der Waals surface area contributed by atoms with Crippen molar-refractivity contribution in [2.45, 2.75) is 24.7 Å². The number of nitrogens with one attached hydrogen (secondary N) is 2. The molecule has 1 aromatic rings. The number of para-hydroxylation sites is 1. The fourth-order valence-electron chi connectivity index (χ4n) is 1.61. The van der Waals surface area contributed by atoms with Gasteiger partial charge < -0.3 is 10.1 Å². The second kappa shape index (κ2) is 8.14. The summed E-state index contributed by atoms with van der Waals surface area (Å²) in [5.41, 5.74) is 0.595. The molecule has 0 aliphatic rings. The summed E-state index contributed by atoms with van der Waals surface area (Å²) in [5, 5.41) is 2.88. The van der Waals surface area contributed by atoms with Gasteiger partial charge in [0.05, 0.1) is 5.69 Å². The molecule has 0 radical (unpaired) electrons. The van der Waals surface area contributed by atoms with Crippen molar-refractivity contribution in [1.82, 2.24) is 4.72 Å². The molecule has 0 atom stereocenters. The molecule has 0 amide bonds. The molecule has 0 aliphatic heterocycles. The first-order chi connectivity index (χ1) is 9.11. The summed E-state index contributed by atoms with van der Waals surface area (Å²) < 4.78 is 32.1. The van der Waals surface area contributed by atoms with Gasteiger partial charge in [-0.3, -0.25) is 0 Å². The summed E-state index contributed by atoms with van der Waals surface area (Å²) in [6.07, 6.45) is 1.64. The van der Waals surface area contributed by atoms with Crippen molar-refractivity contribution in [3.8, 4) is 0 Å². The van der Waals surface area contributed by atoms with Crippen molar-refractivity contribution < 1.29 is 13.2 Å². The number of hydrogen-bond donors (Lipinski definition) is 2. The molecular formula is C13H22N2O3S. The Kier molecular flexibility index (Phi) is 6.83. The molecule has 0 heterocycles. The van der Waals surface area contributed by atoms with Gasteiger partial charge in [-0.1, -0.05) is 19.1 Å². The maximum atomic E-state index is 12.1. The highest BCUT2D eigenvalue weighted by atomic mass is 32.2. The Labute approximate surface area is 115 Å². The Balaban J connectivity index is 2.52. The fraction of sp³-hybridized carbons (Fsp3) is 0.538. The van der Waals surface area contributed by atoms with Crippen LogP contribution in [0.25, 0.3) is 0 Å². The zero-order valence-corrected chi connectivity index (χ0v) is 12.3. The van der Waals surface area contributed by atoms with Crippen molar-refractivity contribution in [2.75, 3.05) is 32.1 Å². The predicted octanol–water partition coefficient (Wildman–Crippen LogP) is 1.82. The topological polar surface area (TPSA) is 67.4 Å². The van der Waals surface area contributed by atoms with E-state index in [0.29, 0.717) is 25.3 Å². The largest absolute Gasteiger partial charge is 0.387 e. The smallest absolute Gasteiger partial charge is 0.242 e. The van der Waals surface area contributed by atoms with E-state index in [1.54, 1.807) is 31.3 Å². The molecule has 0 bridgehead atoms. The number of ether oxygens (including phenoxy) is 1. The quantitative estimate of drug-likeness (QED) is 0.680. The number of rotatable bonds is 9. The zero-order valence-electron chi connectivity index (χ0n) is 11.5. The number of benzene rings is 1. The lowest BCUT2D eigenvalue weighted by molar-refractivity contribution is 0.133. The third kappa shape index (κ3) is 5.18. The molecule has 0 aromatic heterocycles. The van der Waals surface area contributed by atoms with E-state index in [0.717, 1.165) is 13.0 Å². The predicted molar refractivity (Wildman–Crippen MR) is 76.9 cm³/mol. The first kappa shape index (κ1) is 15.9. The van der Waals surface area contributed by atoms with Gasteiger partial charge in [0.15, 0.2) is 0 Å². The Hall–Kier alpha value is -1.11. The molecule has 0 saturated carbocycles. The van der Waals surface area contributed by atoms with Gasteiger partial charge >= 0.3 is 0 Å². The Morgan fingerprint density at radius 3 is 2.63 bits per heavy atom. The van der Waals surface area contributed by atoms with E-state index in [4.69, 9.17) is 4.74 Å².